The number of nitrogens with zero attached hydrogens (tertiary/aromatic N) is 1. The molecule has 0 saturated carbocycles. The molecule has 1 N–H and O–H groups in total. The summed E-state index contributed by atoms with van der Waals surface area (Å²) in [5, 5.41) is 3.79. The topological polar surface area (TPSA) is 68.3 Å². The van der Waals surface area contributed by atoms with E-state index in [1.165, 1.54) is 0 Å². The van der Waals surface area contributed by atoms with Gasteiger partial charge < -0.3 is 10.1 Å². The van der Waals surface area contributed by atoms with Gasteiger partial charge in [-0.05, 0) is 37.8 Å². The van der Waals surface area contributed by atoms with Crippen LogP contribution in [0.15, 0.2) is 24.3 Å². The second-order valence-corrected chi connectivity index (χ2v) is 8.53. The fraction of sp³-hybridized carbons (Fsp3) is 0.571. The quantitative estimate of drug-likeness (QED) is 0.646. The van der Waals surface area contributed by atoms with Crippen LogP contribution < -0.4 is 5.32 Å². The number of nitrogens with one attached hydrogen (secondary N) is 1. The van der Waals surface area contributed by atoms with Crippen molar-refractivity contribution in [2.45, 2.75) is 59.9 Å². The van der Waals surface area contributed by atoms with E-state index in [1.54, 1.807) is 11.3 Å². The van der Waals surface area contributed by atoms with Gasteiger partial charge in [-0.3, -0.25) is 9.59 Å². The number of thiazole rings is 1. The zero-order valence-corrected chi connectivity index (χ0v) is 17.7. The van der Waals surface area contributed by atoms with Crippen molar-refractivity contribution < 1.29 is 14.3 Å². The Hall–Kier alpha value is -1.95. The summed E-state index contributed by atoms with van der Waals surface area (Å²) in [5.74, 6) is -0.251. The summed E-state index contributed by atoms with van der Waals surface area (Å²) in [6.45, 7) is 9.75. The second kappa shape index (κ2) is 9.31. The van der Waals surface area contributed by atoms with Crippen LogP contribution in [-0.4, -0.2) is 29.5 Å². The van der Waals surface area contributed by atoms with E-state index in [0.29, 0.717) is 25.2 Å². The third-order valence-corrected chi connectivity index (χ3v) is 6.37. The molecule has 1 heterocycles. The number of rotatable bonds is 9. The number of esters is 1. The van der Waals surface area contributed by atoms with Crippen molar-refractivity contribution in [3.05, 3.63) is 29.3 Å². The first-order valence-electron chi connectivity index (χ1n) is 9.62. The average Bonchev–Trinajstić information content (AvgIpc) is 3.06. The normalized spacial score (nSPS) is 13.0. The molecule has 0 fully saturated rings. The lowest BCUT2D eigenvalue weighted by atomic mass is 9.79. The van der Waals surface area contributed by atoms with Crippen molar-refractivity contribution in [1.82, 2.24) is 10.3 Å². The zero-order chi connectivity index (χ0) is 20.0. The number of para-hydroxylation sites is 1. The maximum Gasteiger partial charge on any atom is 0.312 e. The average molecular weight is 391 g/mol. The molecule has 5 nitrogen and oxygen atoms in total. The molecule has 27 heavy (non-hydrogen) atoms. The SMILES string of the molecule is CCC(CC)(Cc1nc2ccccc2s1)C(=O)OCC(=O)NC(C)C(C)C. The highest BCUT2D eigenvalue weighted by Crippen LogP contribution is 2.35. The summed E-state index contributed by atoms with van der Waals surface area (Å²) in [4.78, 5) is 29.5. The van der Waals surface area contributed by atoms with Gasteiger partial charge in [0.1, 0.15) is 0 Å². The Balaban J connectivity index is 2.05. The Morgan fingerprint density at radius 3 is 2.44 bits per heavy atom. The molecule has 0 aliphatic carbocycles. The van der Waals surface area contributed by atoms with Crippen LogP contribution in [0.5, 0.6) is 0 Å². The van der Waals surface area contributed by atoms with Crippen LogP contribution >= 0.6 is 11.3 Å². The third kappa shape index (κ3) is 5.28. The zero-order valence-electron chi connectivity index (χ0n) is 16.9. The number of fused-ring (bicyclic) bond motifs is 1. The Kier molecular flexibility index (Phi) is 7.36. The standard InChI is InChI=1S/C21H30N2O3S/c1-6-21(7-2,12-19-23-16-10-8-9-11-17(16)27-19)20(25)26-13-18(24)22-15(5)14(3)4/h8-11,14-15H,6-7,12-13H2,1-5H3,(H,22,24). The highest BCUT2D eigenvalue weighted by Gasteiger charge is 2.38. The van der Waals surface area contributed by atoms with Gasteiger partial charge in [0.15, 0.2) is 6.61 Å². The number of hydrogen-bond acceptors (Lipinski definition) is 5. The van der Waals surface area contributed by atoms with E-state index >= 15 is 0 Å². The molecule has 1 amide bonds. The lowest BCUT2D eigenvalue weighted by Gasteiger charge is -2.28. The molecule has 1 atom stereocenters. The van der Waals surface area contributed by atoms with Crippen molar-refractivity contribution in [2.24, 2.45) is 11.3 Å². The Morgan fingerprint density at radius 1 is 1.19 bits per heavy atom. The van der Waals surface area contributed by atoms with Crippen LogP contribution in [0.4, 0.5) is 0 Å². The molecular formula is C21H30N2O3S. The van der Waals surface area contributed by atoms with E-state index in [-0.39, 0.29) is 24.5 Å². The Morgan fingerprint density at radius 2 is 1.85 bits per heavy atom. The van der Waals surface area contributed by atoms with Crippen LogP contribution in [0.3, 0.4) is 0 Å². The molecule has 0 aliphatic rings. The predicted molar refractivity (Wildman–Crippen MR) is 110 cm³/mol. The van der Waals surface area contributed by atoms with Gasteiger partial charge >= 0.3 is 5.97 Å². The first-order valence-corrected chi connectivity index (χ1v) is 10.4. The van der Waals surface area contributed by atoms with Gasteiger partial charge in [-0.15, -0.1) is 11.3 Å². The van der Waals surface area contributed by atoms with Crippen molar-refractivity contribution in [1.29, 1.82) is 0 Å². The van der Waals surface area contributed by atoms with Gasteiger partial charge in [0.05, 0.1) is 20.6 Å². The fourth-order valence-electron chi connectivity index (χ4n) is 2.89. The number of benzene rings is 1. The van der Waals surface area contributed by atoms with Crippen molar-refractivity contribution in [2.75, 3.05) is 6.61 Å². The van der Waals surface area contributed by atoms with Crippen molar-refractivity contribution in [3.8, 4) is 0 Å². The number of carbonyl (C=O) groups excluding carboxylic acids is 2. The molecule has 2 rings (SSSR count). The second-order valence-electron chi connectivity index (χ2n) is 7.42. The monoisotopic (exact) mass is 390 g/mol. The van der Waals surface area contributed by atoms with Crippen LogP contribution in [0.2, 0.25) is 0 Å². The molecule has 0 radical (unpaired) electrons. The molecule has 2 aromatic rings. The van der Waals surface area contributed by atoms with Crippen LogP contribution in [0.1, 0.15) is 52.5 Å². The van der Waals surface area contributed by atoms with E-state index in [0.717, 1.165) is 15.2 Å². The van der Waals surface area contributed by atoms with Gasteiger partial charge in [0.2, 0.25) is 0 Å². The van der Waals surface area contributed by atoms with Crippen molar-refractivity contribution >= 4 is 33.4 Å². The molecule has 1 aromatic carbocycles. The highest BCUT2D eigenvalue weighted by molar-refractivity contribution is 7.18. The van der Waals surface area contributed by atoms with Gasteiger partial charge in [0.25, 0.3) is 5.91 Å². The lowest BCUT2D eigenvalue weighted by molar-refractivity contribution is -0.159. The smallest absolute Gasteiger partial charge is 0.312 e. The van der Waals surface area contributed by atoms with Crippen LogP contribution in [-0.2, 0) is 20.7 Å². The number of ether oxygens (including phenoxy) is 1. The Labute approximate surface area is 165 Å². The number of amides is 1. The van der Waals surface area contributed by atoms with Gasteiger partial charge in [-0.2, -0.15) is 0 Å². The van der Waals surface area contributed by atoms with Crippen molar-refractivity contribution in [3.63, 3.8) is 0 Å². The van der Waals surface area contributed by atoms with E-state index in [1.807, 2.05) is 58.9 Å². The molecule has 0 bridgehead atoms. The molecule has 1 aromatic heterocycles. The van der Waals surface area contributed by atoms with E-state index < -0.39 is 5.41 Å². The molecule has 6 heteroatoms. The largest absolute Gasteiger partial charge is 0.455 e. The summed E-state index contributed by atoms with van der Waals surface area (Å²) >= 11 is 1.61. The first kappa shape index (κ1) is 21.4. The maximum atomic E-state index is 12.8. The molecule has 0 spiro atoms. The minimum atomic E-state index is -0.655. The van der Waals surface area contributed by atoms with E-state index in [2.05, 4.69) is 10.3 Å². The summed E-state index contributed by atoms with van der Waals surface area (Å²) in [7, 11) is 0. The van der Waals surface area contributed by atoms with E-state index in [9.17, 15) is 9.59 Å². The predicted octanol–water partition coefficient (Wildman–Crippen LogP) is 4.35. The van der Waals surface area contributed by atoms with Crippen LogP contribution in [0, 0.1) is 11.3 Å². The van der Waals surface area contributed by atoms with E-state index in [4.69, 9.17) is 4.74 Å². The Bertz CT molecular complexity index is 748. The first-order chi connectivity index (χ1) is 12.8. The molecule has 1 unspecified atom stereocenters. The number of hydrogen-bond donors (Lipinski definition) is 1. The lowest BCUT2D eigenvalue weighted by Crippen LogP contribution is -2.41. The molecule has 148 valence electrons. The van der Waals surface area contributed by atoms with Gasteiger partial charge in [-0.1, -0.05) is 39.8 Å². The molecular weight excluding hydrogens is 360 g/mol. The minimum absolute atomic E-state index is 0.0426. The van der Waals surface area contributed by atoms with Gasteiger partial charge in [-0.25, -0.2) is 4.98 Å². The minimum Gasteiger partial charge on any atom is -0.455 e. The van der Waals surface area contributed by atoms with Gasteiger partial charge in [0, 0.05) is 12.5 Å². The summed E-state index contributed by atoms with van der Waals surface area (Å²) in [5.41, 5.74) is 0.298. The summed E-state index contributed by atoms with van der Waals surface area (Å²) in [6.07, 6.45) is 1.81. The third-order valence-electron chi connectivity index (χ3n) is 5.34. The number of carbonyl (C=O) groups is 2. The number of aromatic nitrogens is 1. The highest BCUT2D eigenvalue weighted by atomic mass is 32.1. The molecule has 0 aliphatic heterocycles. The van der Waals surface area contributed by atoms with Crippen LogP contribution in [0.25, 0.3) is 10.2 Å². The molecule has 0 saturated heterocycles. The summed E-state index contributed by atoms with van der Waals surface area (Å²) < 4.78 is 6.52. The maximum absolute atomic E-state index is 12.8. The summed E-state index contributed by atoms with van der Waals surface area (Å²) in [6, 6.07) is 8.01. The fourth-order valence-corrected chi connectivity index (χ4v) is 4.00.